The van der Waals surface area contributed by atoms with Crippen molar-refractivity contribution in [2.75, 3.05) is 26.2 Å². The third kappa shape index (κ3) is 4.72. The fourth-order valence-electron chi connectivity index (χ4n) is 2.73. The quantitative estimate of drug-likeness (QED) is 0.724. The maximum absolute atomic E-state index is 5.54. The molecular formula is C19H22N2OS2. The number of benzene rings is 2. The van der Waals surface area contributed by atoms with Crippen LogP contribution in [0.4, 0.5) is 0 Å². The van der Waals surface area contributed by atoms with Gasteiger partial charge in [-0.1, -0.05) is 66.4 Å². The monoisotopic (exact) mass is 358 g/mol. The Morgan fingerprint density at radius 2 is 1.79 bits per heavy atom. The van der Waals surface area contributed by atoms with E-state index in [9.17, 15) is 0 Å². The van der Waals surface area contributed by atoms with E-state index in [-0.39, 0.29) is 0 Å². The van der Waals surface area contributed by atoms with Crippen molar-refractivity contribution in [1.82, 2.24) is 9.80 Å². The topological polar surface area (TPSA) is 15.7 Å². The predicted molar refractivity (Wildman–Crippen MR) is 105 cm³/mol. The minimum Gasteiger partial charge on any atom is -0.497 e. The number of thioether (sulfide) groups is 1. The molecule has 0 aliphatic carbocycles. The summed E-state index contributed by atoms with van der Waals surface area (Å²) in [5, 5.41) is 0. The Bertz CT molecular complexity index is 661. The average Bonchev–Trinajstić information content (AvgIpc) is 2.63. The van der Waals surface area contributed by atoms with Gasteiger partial charge in [0.25, 0.3) is 0 Å². The first-order valence-corrected chi connectivity index (χ1v) is 9.45. The van der Waals surface area contributed by atoms with E-state index in [1.165, 1.54) is 11.1 Å². The van der Waals surface area contributed by atoms with Gasteiger partial charge in [-0.3, -0.25) is 4.90 Å². The van der Waals surface area contributed by atoms with Gasteiger partial charge in [0.2, 0.25) is 0 Å². The zero-order valence-corrected chi connectivity index (χ0v) is 15.5. The van der Waals surface area contributed by atoms with Crippen molar-refractivity contribution in [3.05, 3.63) is 65.7 Å². The van der Waals surface area contributed by atoms with Crippen LogP contribution in [-0.4, -0.2) is 40.3 Å². The van der Waals surface area contributed by atoms with Crippen LogP contribution >= 0.6 is 24.0 Å². The Balaban J connectivity index is 1.55. The first kappa shape index (κ1) is 17.3. The summed E-state index contributed by atoms with van der Waals surface area (Å²) in [6.07, 6.45) is 1.03. The van der Waals surface area contributed by atoms with Crippen LogP contribution in [0.1, 0.15) is 11.1 Å². The Kier molecular flexibility index (Phi) is 6.12. The van der Waals surface area contributed by atoms with Crippen molar-refractivity contribution < 1.29 is 4.74 Å². The number of hydrogen-bond donors (Lipinski definition) is 0. The summed E-state index contributed by atoms with van der Waals surface area (Å²) in [6, 6.07) is 18.9. The van der Waals surface area contributed by atoms with E-state index in [2.05, 4.69) is 52.3 Å². The summed E-state index contributed by atoms with van der Waals surface area (Å²) < 4.78 is 6.23. The van der Waals surface area contributed by atoms with Crippen LogP contribution in [0.3, 0.4) is 0 Å². The van der Waals surface area contributed by atoms with Gasteiger partial charge in [0.05, 0.1) is 19.7 Å². The Labute approximate surface area is 153 Å². The van der Waals surface area contributed by atoms with E-state index < -0.39 is 0 Å². The van der Waals surface area contributed by atoms with E-state index in [1.807, 2.05) is 12.1 Å². The molecule has 0 amide bonds. The highest BCUT2D eigenvalue weighted by molar-refractivity contribution is 8.22. The summed E-state index contributed by atoms with van der Waals surface area (Å²) in [5.74, 6) is 1.85. The van der Waals surface area contributed by atoms with E-state index in [1.54, 1.807) is 18.9 Å². The van der Waals surface area contributed by atoms with Crippen molar-refractivity contribution >= 4 is 28.3 Å². The molecule has 0 aromatic heterocycles. The SMILES string of the molecule is COc1ccc(CN2CSC(=S)N(CCc3ccccc3)C2)cc1. The molecule has 5 heteroatoms. The van der Waals surface area contributed by atoms with Crippen molar-refractivity contribution in [2.45, 2.75) is 13.0 Å². The van der Waals surface area contributed by atoms with E-state index in [0.717, 1.165) is 42.1 Å². The number of rotatable bonds is 6. The molecule has 0 atom stereocenters. The lowest BCUT2D eigenvalue weighted by molar-refractivity contribution is 0.206. The summed E-state index contributed by atoms with van der Waals surface area (Å²) in [7, 11) is 1.70. The molecule has 1 fully saturated rings. The maximum atomic E-state index is 5.54. The largest absolute Gasteiger partial charge is 0.497 e. The highest BCUT2D eigenvalue weighted by atomic mass is 32.2. The molecule has 1 aliphatic rings. The van der Waals surface area contributed by atoms with Gasteiger partial charge in [0, 0.05) is 13.1 Å². The molecule has 0 unspecified atom stereocenters. The first-order chi connectivity index (χ1) is 11.7. The van der Waals surface area contributed by atoms with Gasteiger partial charge in [-0.25, -0.2) is 0 Å². The second kappa shape index (κ2) is 8.51. The minimum absolute atomic E-state index is 0.894. The summed E-state index contributed by atoms with van der Waals surface area (Å²) in [4.78, 5) is 4.73. The van der Waals surface area contributed by atoms with Crippen molar-refractivity contribution in [3.63, 3.8) is 0 Å². The lowest BCUT2D eigenvalue weighted by Gasteiger charge is -2.36. The number of nitrogens with zero attached hydrogens (tertiary/aromatic N) is 2. The number of ether oxygens (including phenoxy) is 1. The number of hydrogen-bond acceptors (Lipinski definition) is 4. The van der Waals surface area contributed by atoms with Gasteiger partial charge in [0.15, 0.2) is 0 Å². The van der Waals surface area contributed by atoms with Crippen molar-refractivity contribution in [3.8, 4) is 5.75 Å². The van der Waals surface area contributed by atoms with E-state index >= 15 is 0 Å². The van der Waals surface area contributed by atoms with Crippen molar-refractivity contribution in [1.29, 1.82) is 0 Å². The molecule has 126 valence electrons. The van der Waals surface area contributed by atoms with Gasteiger partial charge >= 0.3 is 0 Å². The molecule has 24 heavy (non-hydrogen) atoms. The minimum atomic E-state index is 0.894. The first-order valence-electron chi connectivity index (χ1n) is 8.05. The Morgan fingerprint density at radius 1 is 1.04 bits per heavy atom. The molecule has 1 heterocycles. The number of methoxy groups -OCH3 is 1. The fourth-order valence-corrected chi connectivity index (χ4v) is 3.84. The standard InChI is InChI=1S/C19H22N2OS2/c1-22-18-9-7-17(8-10-18)13-20-14-21(19(23)24-15-20)12-11-16-5-3-2-4-6-16/h2-10H,11-15H2,1H3. The van der Waals surface area contributed by atoms with Crippen LogP contribution in [0.2, 0.25) is 0 Å². The lowest BCUT2D eigenvalue weighted by atomic mass is 10.1. The molecular weight excluding hydrogens is 336 g/mol. The molecule has 2 aromatic rings. The molecule has 0 bridgehead atoms. The van der Waals surface area contributed by atoms with Gasteiger partial charge in [-0.15, -0.1) is 0 Å². The molecule has 3 rings (SSSR count). The average molecular weight is 359 g/mol. The van der Waals surface area contributed by atoms with Crippen LogP contribution in [-0.2, 0) is 13.0 Å². The maximum Gasteiger partial charge on any atom is 0.138 e. The van der Waals surface area contributed by atoms with Gasteiger partial charge in [-0.2, -0.15) is 0 Å². The molecule has 0 saturated carbocycles. The second-order valence-corrected chi connectivity index (χ2v) is 7.44. The second-order valence-electron chi connectivity index (χ2n) is 5.86. The highest BCUT2D eigenvalue weighted by Crippen LogP contribution is 2.22. The fraction of sp³-hybridized carbons (Fsp3) is 0.316. The van der Waals surface area contributed by atoms with Crippen LogP contribution in [0.25, 0.3) is 0 Å². The molecule has 0 spiro atoms. The Hall–Kier alpha value is -1.56. The van der Waals surface area contributed by atoms with E-state index in [0.29, 0.717) is 0 Å². The third-order valence-electron chi connectivity index (χ3n) is 4.08. The number of thiocarbonyl (C=S) groups is 1. The van der Waals surface area contributed by atoms with Crippen LogP contribution in [0.5, 0.6) is 5.75 Å². The van der Waals surface area contributed by atoms with Crippen LogP contribution < -0.4 is 4.74 Å². The van der Waals surface area contributed by atoms with Crippen LogP contribution in [0, 0.1) is 0 Å². The summed E-state index contributed by atoms with van der Waals surface area (Å²) >= 11 is 7.29. The zero-order valence-electron chi connectivity index (χ0n) is 13.9. The molecule has 1 saturated heterocycles. The zero-order chi connectivity index (χ0) is 16.8. The molecule has 2 aromatic carbocycles. The molecule has 1 aliphatic heterocycles. The normalized spacial score (nSPS) is 15.5. The molecule has 0 N–H and O–H groups in total. The molecule has 3 nitrogen and oxygen atoms in total. The Morgan fingerprint density at radius 3 is 2.50 bits per heavy atom. The third-order valence-corrected chi connectivity index (χ3v) is 5.69. The van der Waals surface area contributed by atoms with Crippen molar-refractivity contribution in [2.24, 2.45) is 0 Å². The summed E-state index contributed by atoms with van der Waals surface area (Å²) in [6.45, 7) is 2.79. The smallest absolute Gasteiger partial charge is 0.138 e. The highest BCUT2D eigenvalue weighted by Gasteiger charge is 2.21. The predicted octanol–water partition coefficient (Wildman–Crippen LogP) is 3.99. The van der Waals surface area contributed by atoms with E-state index in [4.69, 9.17) is 17.0 Å². The molecule has 0 radical (unpaired) electrons. The lowest BCUT2D eigenvalue weighted by Crippen LogP contribution is -2.45. The summed E-state index contributed by atoms with van der Waals surface area (Å²) in [5.41, 5.74) is 2.66. The van der Waals surface area contributed by atoms with Gasteiger partial charge in [-0.05, 0) is 29.7 Å². The van der Waals surface area contributed by atoms with Gasteiger partial charge in [0.1, 0.15) is 10.1 Å². The van der Waals surface area contributed by atoms with Crippen LogP contribution in [0.15, 0.2) is 54.6 Å². The van der Waals surface area contributed by atoms with Gasteiger partial charge < -0.3 is 9.64 Å².